The molecule has 66 valence electrons. The maximum atomic E-state index is 9.50. The van der Waals surface area contributed by atoms with Crippen molar-refractivity contribution in [3.8, 4) is 0 Å². The minimum absolute atomic E-state index is 0.315. The first-order chi connectivity index (χ1) is 5.61. The molecule has 1 rings (SSSR count). The zero-order chi connectivity index (χ0) is 9.14. The summed E-state index contributed by atoms with van der Waals surface area (Å²) in [6, 6.07) is 1.34. The molecule has 12 heavy (non-hydrogen) atoms. The Morgan fingerprint density at radius 2 is 2.25 bits per heavy atom. The lowest BCUT2D eigenvalue weighted by molar-refractivity contribution is 0.153. The topological polar surface area (TPSA) is 59.1 Å². The SMILES string of the molecule is C[C@@H](N)[C@@H](O)c1cncc(Cl)c1. The molecule has 4 heteroatoms. The third kappa shape index (κ3) is 2.17. The molecule has 0 fully saturated rings. The Morgan fingerprint density at radius 3 is 2.75 bits per heavy atom. The minimum Gasteiger partial charge on any atom is -0.387 e. The molecular formula is C8H11ClN2O. The molecule has 0 aliphatic carbocycles. The van der Waals surface area contributed by atoms with Gasteiger partial charge in [0.25, 0.3) is 0 Å². The Morgan fingerprint density at radius 1 is 1.58 bits per heavy atom. The van der Waals surface area contributed by atoms with Crippen LogP contribution in [-0.4, -0.2) is 16.1 Å². The fraction of sp³-hybridized carbons (Fsp3) is 0.375. The Bertz CT molecular complexity index is 265. The smallest absolute Gasteiger partial charge is 0.0953 e. The molecular weight excluding hydrogens is 176 g/mol. The van der Waals surface area contributed by atoms with Crippen LogP contribution in [0.4, 0.5) is 0 Å². The third-order valence-electron chi connectivity index (χ3n) is 1.57. The van der Waals surface area contributed by atoms with Crippen molar-refractivity contribution in [2.24, 2.45) is 5.73 Å². The summed E-state index contributed by atoms with van der Waals surface area (Å²) in [6.07, 6.45) is 2.37. The van der Waals surface area contributed by atoms with E-state index >= 15 is 0 Å². The fourth-order valence-corrected chi connectivity index (χ4v) is 1.08. The molecule has 0 bridgehead atoms. The summed E-state index contributed by atoms with van der Waals surface area (Å²) in [4.78, 5) is 3.84. The number of hydrogen-bond donors (Lipinski definition) is 2. The van der Waals surface area contributed by atoms with E-state index in [1.54, 1.807) is 19.2 Å². The zero-order valence-electron chi connectivity index (χ0n) is 6.74. The van der Waals surface area contributed by atoms with E-state index in [0.29, 0.717) is 10.6 Å². The Labute approximate surface area is 76.2 Å². The van der Waals surface area contributed by atoms with E-state index in [9.17, 15) is 5.11 Å². The Hall–Kier alpha value is -0.640. The van der Waals surface area contributed by atoms with Gasteiger partial charge in [-0.15, -0.1) is 0 Å². The van der Waals surface area contributed by atoms with Crippen LogP contribution >= 0.6 is 11.6 Å². The van der Waals surface area contributed by atoms with E-state index in [1.165, 1.54) is 6.20 Å². The van der Waals surface area contributed by atoms with Gasteiger partial charge in [-0.3, -0.25) is 4.98 Å². The first-order valence-corrected chi connectivity index (χ1v) is 4.03. The summed E-state index contributed by atoms with van der Waals surface area (Å²) in [5.41, 5.74) is 6.15. The summed E-state index contributed by atoms with van der Waals surface area (Å²) in [5, 5.41) is 10.0. The van der Waals surface area contributed by atoms with Crippen molar-refractivity contribution in [3.05, 3.63) is 29.0 Å². The number of nitrogens with two attached hydrogens (primary N) is 1. The van der Waals surface area contributed by atoms with Crippen molar-refractivity contribution in [1.82, 2.24) is 4.98 Å². The maximum Gasteiger partial charge on any atom is 0.0953 e. The number of rotatable bonds is 2. The van der Waals surface area contributed by atoms with Crippen LogP contribution in [0.2, 0.25) is 5.02 Å². The van der Waals surface area contributed by atoms with Gasteiger partial charge >= 0.3 is 0 Å². The number of aromatic nitrogens is 1. The van der Waals surface area contributed by atoms with Gasteiger partial charge in [0.1, 0.15) is 0 Å². The first-order valence-electron chi connectivity index (χ1n) is 3.65. The minimum atomic E-state index is -0.698. The Kier molecular flexibility index (Phi) is 3.03. The quantitative estimate of drug-likeness (QED) is 0.728. The van der Waals surface area contributed by atoms with Gasteiger partial charge in [-0.2, -0.15) is 0 Å². The monoisotopic (exact) mass is 186 g/mol. The van der Waals surface area contributed by atoms with Gasteiger partial charge in [0, 0.05) is 24.0 Å². The van der Waals surface area contributed by atoms with Crippen LogP contribution in [0.5, 0.6) is 0 Å². The van der Waals surface area contributed by atoms with Gasteiger partial charge in [0.15, 0.2) is 0 Å². The number of nitrogens with zero attached hydrogens (tertiary/aromatic N) is 1. The average molecular weight is 187 g/mol. The third-order valence-corrected chi connectivity index (χ3v) is 1.77. The van der Waals surface area contributed by atoms with E-state index in [-0.39, 0.29) is 6.04 Å². The molecule has 0 aliphatic heterocycles. The normalized spacial score (nSPS) is 15.7. The van der Waals surface area contributed by atoms with Crippen LogP contribution in [0.1, 0.15) is 18.6 Å². The lowest BCUT2D eigenvalue weighted by atomic mass is 10.1. The zero-order valence-corrected chi connectivity index (χ0v) is 7.49. The maximum absolute atomic E-state index is 9.50. The van der Waals surface area contributed by atoms with E-state index in [0.717, 1.165) is 0 Å². The number of pyridine rings is 1. The molecule has 0 amide bonds. The van der Waals surface area contributed by atoms with Crippen LogP contribution in [0.3, 0.4) is 0 Å². The van der Waals surface area contributed by atoms with Crippen LogP contribution < -0.4 is 5.73 Å². The summed E-state index contributed by atoms with van der Waals surface area (Å²) >= 11 is 5.68. The van der Waals surface area contributed by atoms with E-state index in [2.05, 4.69) is 4.98 Å². The highest BCUT2D eigenvalue weighted by atomic mass is 35.5. The number of aliphatic hydroxyl groups excluding tert-OH is 1. The second-order valence-corrected chi connectivity index (χ2v) is 3.18. The molecule has 0 saturated carbocycles. The second kappa shape index (κ2) is 3.85. The van der Waals surface area contributed by atoms with Crippen molar-refractivity contribution in [2.45, 2.75) is 19.1 Å². The molecule has 1 aromatic heterocycles. The molecule has 0 radical (unpaired) electrons. The van der Waals surface area contributed by atoms with Gasteiger partial charge in [0.2, 0.25) is 0 Å². The van der Waals surface area contributed by atoms with Crippen molar-refractivity contribution < 1.29 is 5.11 Å². The molecule has 0 aliphatic rings. The highest BCUT2D eigenvalue weighted by molar-refractivity contribution is 6.30. The molecule has 0 spiro atoms. The van der Waals surface area contributed by atoms with Gasteiger partial charge in [-0.25, -0.2) is 0 Å². The Balaban J connectivity index is 2.88. The van der Waals surface area contributed by atoms with Crippen molar-refractivity contribution in [2.75, 3.05) is 0 Å². The first kappa shape index (κ1) is 9.45. The number of hydrogen-bond acceptors (Lipinski definition) is 3. The average Bonchev–Trinajstić information content (AvgIpc) is 2.03. The summed E-state index contributed by atoms with van der Waals surface area (Å²) in [7, 11) is 0. The van der Waals surface area contributed by atoms with Gasteiger partial charge in [0.05, 0.1) is 11.1 Å². The molecule has 3 N–H and O–H groups in total. The molecule has 1 aromatic rings. The highest BCUT2D eigenvalue weighted by Gasteiger charge is 2.12. The summed E-state index contributed by atoms with van der Waals surface area (Å²) in [5.74, 6) is 0. The summed E-state index contributed by atoms with van der Waals surface area (Å²) in [6.45, 7) is 1.73. The predicted molar refractivity (Wildman–Crippen MR) is 47.9 cm³/mol. The van der Waals surface area contributed by atoms with Crippen LogP contribution in [0.25, 0.3) is 0 Å². The molecule has 3 nitrogen and oxygen atoms in total. The fourth-order valence-electron chi connectivity index (χ4n) is 0.894. The number of aliphatic hydroxyl groups is 1. The van der Waals surface area contributed by atoms with E-state index in [4.69, 9.17) is 17.3 Å². The van der Waals surface area contributed by atoms with Gasteiger partial charge in [-0.1, -0.05) is 11.6 Å². The standard InChI is InChI=1S/C8H11ClN2O/c1-5(10)8(12)6-2-7(9)4-11-3-6/h2-5,8,12H,10H2,1H3/t5-,8-/m1/s1. The van der Waals surface area contributed by atoms with Crippen LogP contribution in [0.15, 0.2) is 18.5 Å². The van der Waals surface area contributed by atoms with Crippen molar-refractivity contribution >= 4 is 11.6 Å². The second-order valence-electron chi connectivity index (χ2n) is 2.74. The molecule has 0 saturated heterocycles. The molecule has 0 aromatic carbocycles. The largest absolute Gasteiger partial charge is 0.387 e. The van der Waals surface area contributed by atoms with E-state index < -0.39 is 6.10 Å². The highest BCUT2D eigenvalue weighted by Crippen LogP contribution is 2.17. The summed E-state index contributed by atoms with van der Waals surface area (Å²) < 4.78 is 0. The van der Waals surface area contributed by atoms with Crippen molar-refractivity contribution in [1.29, 1.82) is 0 Å². The van der Waals surface area contributed by atoms with Crippen LogP contribution in [-0.2, 0) is 0 Å². The van der Waals surface area contributed by atoms with Crippen molar-refractivity contribution in [3.63, 3.8) is 0 Å². The van der Waals surface area contributed by atoms with Gasteiger partial charge in [-0.05, 0) is 13.0 Å². The lowest BCUT2D eigenvalue weighted by Crippen LogP contribution is -2.24. The predicted octanol–water partition coefficient (Wildman–Crippen LogP) is 1.12. The lowest BCUT2D eigenvalue weighted by Gasteiger charge is -2.13. The number of halogens is 1. The molecule has 2 atom stereocenters. The van der Waals surface area contributed by atoms with Gasteiger partial charge < -0.3 is 10.8 Å². The molecule has 1 heterocycles. The molecule has 0 unspecified atom stereocenters. The van der Waals surface area contributed by atoms with E-state index in [1.807, 2.05) is 0 Å². The van der Waals surface area contributed by atoms with Crippen LogP contribution in [0, 0.1) is 0 Å².